The Labute approximate surface area is 149 Å². The monoisotopic (exact) mass is 335 g/mol. The van der Waals surface area contributed by atoms with Crippen molar-refractivity contribution in [2.24, 2.45) is 5.92 Å². The van der Waals surface area contributed by atoms with Gasteiger partial charge in [0.2, 0.25) is 0 Å². The molecule has 2 aliphatic rings. The number of nitrogens with one attached hydrogen (secondary N) is 1. The van der Waals surface area contributed by atoms with Crippen molar-refractivity contribution in [1.82, 2.24) is 5.32 Å². The molecule has 0 heterocycles. The van der Waals surface area contributed by atoms with Gasteiger partial charge >= 0.3 is 6.09 Å². The Morgan fingerprint density at radius 2 is 1.76 bits per heavy atom. The van der Waals surface area contributed by atoms with E-state index in [-0.39, 0.29) is 17.6 Å². The van der Waals surface area contributed by atoms with Crippen LogP contribution in [0.3, 0.4) is 0 Å². The van der Waals surface area contributed by atoms with Crippen molar-refractivity contribution in [2.45, 2.75) is 50.2 Å². The Balaban J connectivity index is 1.38. The first-order valence-corrected chi connectivity index (χ1v) is 9.31. The van der Waals surface area contributed by atoms with Crippen LogP contribution < -0.4 is 5.32 Å². The normalized spacial score (nSPS) is 27.7. The third kappa shape index (κ3) is 3.41. The van der Waals surface area contributed by atoms with E-state index in [1.165, 1.54) is 31.2 Å². The zero-order chi connectivity index (χ0) is 17.1. The summed E-state index contributed by atoms with van der Waals surface area (Å²) in [5.74, 6) is 0.543. The van der Waals surface area contributed by atoms with Gasteiger partial charge in [-0.1, -0.05) is 73.5 Å². The number of fused-ring (bicyclic) bond motifs is 1. The molecule has 1 amide bonds. The van der Waals surface area contributed by atoms with E-state index >= 15 is 0 Å². The van der Waals surface area contributed by atoms with Gasteiger partial charge in [0, 0.05) is 11.5 Å². The van der Waals surface area contributed by atoms with E-state index in [4.69, 9.17) is 4.74 Å². The number of ether oxygens (including phenoxy) is 1. The van der Waals surface area contributed by atoms with Crippen LogP contribution in [0.1, 0.15) is 43.2 Å². The molecule has 2 aromatic carbocycles. The lowest BCUT2D eigenvalue weighted by Gasteiger charge is -2.21. The highest BCUT2D eigenvalue weighted by Crippen LogP contribution is 2.61. The van der Waals surface area contributed by atoms with Gasteiger partial charge in [0.05, 0.1) is 0 Å². The molecule has 25 heavy (non-hydrogen) atoms. The minimum absolute atomic E-state index is 0.228. The molecule has 0 radical (unpaired) electrons. The fourth-order valence-corrected chi connectivity index (χ4v) is 4.49. The maximum Gasteiger partial charge on any atom is 0.407 e. The van der Waals surface area contributed by atoms with Crippen LogP contribution >= 0.6 is 0 Å². The van der Waals surface area contributed by atoms with Crippen LogP contribution in [0.15, 0.2) is 60.7 Å². The largest absolute Gasteiger partial charge is 0.445 e. The Kier molecular flexibility index (Phi) is 4.48. The number of benzene rings is 2. The van der Waals surface area contributed by atoms with Crippen LogP contribution in [0.2, 0.25) is 0 Å². The second-order valence-electron chi connectivity index (χ2n) is 7.39. The number of alkyl carbamates (subject to hydrolysis) is 1. The lowest BCUT2D eigenvalue weighted by Crippen LogP contribution is -2.38. The van der Waals surface area contributed by atoms with Crippen molar-refractivity contribution in [3.8, 4) is 0 Å². The van der Waals surface area contributed by atoms with Crippen LogP contribution in [0.4, 0.5) is 4.79 Å². The second kappa shape index (κ2) is 6.91. The molecule has 4 rings (SSSR count). The van der Waals surface area contributed by atoms with Crippen LogP contribution in [0, 0.1) is 5.92 Å². The Hall–Kier alpha value is -2.29. The summed E-state index contributed by atoms with van der Waals surface area (Å²) in [4.78, 5) is 12.3. The molecule has 3 heteroatoms. The van der Waals surface area contributed by atoms with E-state index < -0.39 is 0 Å². The highest BCUT2D eigenvalue weighted by Gasteiger charge is 2.58. The van der Waals surface area contributed by atoms with Gasteiger partial charge in [0.1, 0.15) is 6.61 Å². The maximum atomic E-state index is 12.3. The van der Waals surface area contributed by atoms with Gasteiger partial charge in [-0.25, -0.2) is 4.79 Å². The SMILES string of the molecule is O=C(N[C@@H]1CCCC[C@@]2(c3ccccc3)C[C@@H]12)OCc1ccccc1. The fraction of sp³-hybridized carbons (Fsp3) is 0.409. The molecular weight excluding hydrogens is 310 g/mol. The molecule has 130 valence electrons. The molecule has 3 nitrogen and oxygen atoms in total. The van der Waals surface area contributed by atoms with Gasteiger partial charge in [-0.05, 0) is 36.3 Å². The van der Waals surface area contributed by atoms with Gasteiger partial charge in [-0.3, -0.25) is 0 Å². The van der Waals surface area contributed by atoms with E-state index in [0.29, 0.717) is 12.5 Å². The van der Waals surface area contributed by atoms with E-state index in [1.54, 1.807) is 0 Å². The number of amides is 1. The fourth-order valence-electron chi connectivity index (χ4n) is 4.49. The molecule has 0 unspecified atom stereocenters. The van der Waals surface area contributed by atoms with Crippen molar-refractivity contribution in [3.63, 3.8) is 0 Å². The third-order valence-corrected chi connectivity index (χ3v) is 5.87. The summed E-state index contributed by atoms with van der Waals surface area (Å²) >= 11 is 0. The molecular formula is C22H25NO2. The summed E-state index contributed by atoms with van der Waals surface area (Å²) in [6, 6.07) is 20.9. The first-order valence-electron chi connectivity index (χ1n) is 9.31. The third-order valence-electron chi connectivity index (χ3n) is 5.87. The lowest BCUT2D eigenvalue weighted by molar-refractivity contribution is 0.133. The molecule has 0 bridgehead atoms. The maximum absolute atomic E-state index is 12.3. The van der Waals surface area contributed by atoms with Crippen molar-refractivity contribution in [1.29, 1.82) is 0 Å². The smallest absolute Gasteiger partial charge is 0.407 e. The zero-order valence-corrected chi connectivity index (χ0v) is 14.5. The predicted molar refractivity (Wildman–Crippen MR) is 98.2 cm³/mol. The Morgan fingerprint density at radius 3 is 2.52 bits per heavy atom. The van der Waals surface area contributed by atoms with Crippen LogP contribution in [-0.4, -0.2) is 12.1 Å². The standard InChI is InChI=1S/C22H25NO2/c24-21(25-16-17-9-3-1-4-10-17)23-20-13-7-8-14-22(15-19(20)22)18-11-5-2-6-12-18/h1-6,9-12,19-20H,7-8,13-16H2,(H,23,24)/t19-,20+,22-/m0/s1. The molecule has 2 fully saturated rings. The molecule has 0 aliphatic heterocycles. The van der Waals surface area contributed by atoms with Gasteiger partial charge in [-0.15, -0.1) is 0 Å². The first kappa shape index (κ1) is 16.2. The van der Waals surface area contributed by atoms with Crippen LogP contribution in [-0.2, 0) is 16.8 Å². The minimum Gasteiger partial charge on any atom is -0.445 e. The average molecular weight is 335 g/mol. The molecule has 3 atom stereocenters. The molecule has 1 N–H and O–H groups in total. The van der Waals surface area contributed by atoms with Crippen LogP contribution in [0.25, 0.3) is 0 Å². The summed E-state index contributed by atoms with van der Waals surface area (Å²) in [6.45, 7) is 0.327. The van der Waals surface area contributed by atoms with Crippen molar-refractivity contribution >= 4 is 6.09 Å². The summed E-state index contributed by atoms with van der Waals surface area (Å²) in [5, 5.41) is 3.15. The number of hydrogen-bond acceptors (Lipinski definition) is 2. The summed E-state index contributed by atoms with van der Waals surface area (Å²) < 4.78 is 5.43. The predicted octanol–water partition coefficient (Wildman–Crippen LogP) is 4.81. The average Bonchev–Trinajstić information content (AvgIpc) is 3.41. The quantitative estimate of drug-likeness (QED) is 0.870. The highest BCUT2D eigenvalue weighted by atomic mass is 16.5. The molecule has 0 aromatic heterocycles. The molecule has 0 saturated heterocycles. The molecule has 0 spiro atoms. The topological polar surface area (TPSA) is 38.3 Å². The highest BCUT2D eigenvalue weighted by molar-refractivity contribution is 5.68. The van der Waals surface area contributed by atoms with Crippen molar-refractivity contribution in [3.05, 3.63) is 71.8 Å². The summed E-state index contributed by atoms with van der Waals surface area (Å²) in [7, 11) is 0. The number of carbonyl (C=O) groups excluding carboxylic acids is 1. The van der Waals surface area contributed by atoms with E-state index in [2.05, 4.69) is 35.6 Å². The van der Waals surface area contributed by atoms with Gasteiger partial charge in [-0.2, -0.15) is 0 Å². The van der Waals surface area contributed by atoms with E-state index in [0.717, 1.165) is 12.0 Å². The van der Waals surface area contributed by atoms with Crippen molar-refractivity contribution in [2.75, 3.05) is 0 Å². The Morgan fingerprint density at radius 1 is 1.04 bits per heavy atom. The molecule has 2 aromatic rings. The summed E-state index contributed by atoms with van der Waals surface area (Å²) in [6.07, 6.45) is 5.60. The summed E-state index contributed by atoms with van der Waals surface area (Å²) in [5.41, 5.74) is 2.73. The first-order chi connectivity index (χ1) is 12.3. The van der Waals surface area contributed by atoms with Gasteiger partial charge in [0.15, 0.2) is 0 Å². The minimum atomic E-state index is -0.287. The van der Waals surface area contributed by atoms with Crippen molar-refractivity contribution < 1.29 is 9.53 Å². The molecule has 2 aliphatic carbocycles. The number of rotatable bonds is 4. The van der Waals surface area contributed by atoms with E-state index in [9.17, 15) is 4.79 Å². The number of hydrogen-bond donors (Lipinski definition) is 1. The van der Waals surface area contributed by atoms with E-state index in [1.807, 2.05) is 30.3 Å². The van der Waals surface area contributed by atoms with Gasteiger partial charge in [0.25, 0.3) is 0 Å². The molecule has 2 saturated carbocycles. The Bertz CT molecular complexity index is 715. The van der Waals surface area contributed by atoms with Gasteiger partial charge < -0.3 is 10.1 Å². The zero-order valence-electron chi connectivity index (χ0n) is 14.5. The number of carbonyl (C=O) groups is 1. The second-order valence-corrected chi connectivity index (χ2v) is 7.39. The lowest BCUT2D eigenvalue weighted by atomic mass is 9.88. The van der Waals surface area contributed by atoms with Crippen LogP contribution in [0.5, 0.6) is 0 Å².